The summed E-state index contributed by atoms with van der Waals surface area (Å²) in [5.41, 5.74) is 1.48. The van der Waals surface area contributed by atoms with Crippen molar-refractivity contribution in [3.63, 3.8) is 0 Å². The molecular weight excluding hydrogens is 449 g/mol. The highest BCUT2D eigenvalue weighted by Crippen LogP contribution is 2.34. The minimum Gasteiger partial charge on any atom is -0.307 e. The number of nitrogens with one attached hydrogen (secondary N) is 1. The van der Waals surface area contributed by atoms with Gasteiger partial charge in [-0.05, 0) is 66.8 Å². The van der Waals surface area contributed by atoms with E-state index in [9.17, 15) is 18.0 Å². The van der Waals surface area contributed by atoms with E-state index in [1.54, 1.807) is 41.6 Å². The number of halogens is 3. The van der Waals surface area contributed by atoms with Crippen LogP contribution in [0.2, 0.25) is 0 Å². The molecule has 1 aromatic carbocycles. The van der Waals surface area contributed by atoms with Crippen molar-refractivity contribution in [2.24, 2.45) is 5.92 Å². The van der Waals surface area contributed by atoms with Gasteiger partial charge in [0.1, 0.15) is 5.82 Å². The van der Waals surface area contributed by atoms with Crippen molar-refractivity contribution in [1.82, 2.24) is 9.97 Å². The van der Waals surface area contributed by atoms with Crippen molar-refractivity contribution in [3.05, 3.63) is 72.1 Å². The quantitative estimate of drug-likeness (QED) is 0.452. The first-order valence-electron chi connectivity index (χ1n) is 10.6. The van der Waals surface area contributed by atoms with Gasteiger partial charge in [-0.2, -0.15) is 25.8 Å². The normalized spacial score (nSPS) is 16.1. The van der Waals surface area contributed by atoms with Crippen molar-refractivity contribution in [3.8, 4) is 11.3 Å². The minimum absolute atomic E-state index is 0.334. The maximum atomic E-state index is 13.2. The monoisotopic (exact) mass is 472 g/mol. The first-order valence-corrected chi connectivity index (χ1v) is 11.3. The van der Waals surface area contributed by atoms with E-state index in [4.69, 9.17) is 0 Å². The fraction of sp³-hybridized carbons (Fsp3) is 0.292. The zero-order chi connectivity index (χ0) is 23.4. The van der Waals surface area contributed by atoms with E-state index >= 15 is 0 Å². The van der Waals surface area contributed by atoms with E-state index in [1.165, 1.54) is 6.07 Å². The average Bonchev–Trinajstić information content (AvgIpc) is 2.98. The highest BCUT2D eigenvalue weighted by atomic mass is 32.1. The fourth-order valence-corrected chi connectivity index (χ4v) is 4.33. The lowest BCUT2D eigenvalue weighted by Gasteiger charge is -2.23. The van der Waals surface area contributed by atoms with E-state index in [1.807, 2.05) is 6.07 Å². The smallest absolute Gasteiger partial charge is 0.307 e. The second-order valence-corrected chi connectivity index (χ2v) is 8.39. The van der Waals surface area contributed by atoms with Crippen LogP contribution in [0.1, 0.15) is 24.0 Å². The molecule has 0 saturated heterocycles. The number of hydrogen-bond donors (Lipinski definition) is 2. The number of aromatic nitrogens is 2. The number of anilines is 2. The molecule has 0 fully saturated rings. The van der Waals surface area contributed by atoms with Gasteiger partial charge in [-0.15, -0.1) is 0 Å². The standard InChI is InChI=1S/C24H23F3N4OS/c25-24(26,27)19-3-1-2-17(15-19)21-5-4-18-14-16(9-13-33)8-12-31(22(18)30-21)23(32)29-20-6-10-28-11-7-20/h1-7,10-11,15-16,33H,8-9,12-14H2,(H,28,29,32). The Kier molecular flexibility index (Phi) is 6.88. The molecule has 1 aliphatic heterocycles. The van der Waals surface area contributed by atoms with Gasteiger partial charge in [0.25, 0.3) is 0 Å². The summed E-state index contributed by atoms with van der Waals surface area (Å²) in [6.45, 7) is 0.446. The van der Waals surface area contributed by atoms with Crippen molar-refractivity contribution in [1.29, 1.82) is 0 Å². The molecule has 1 aliphatic rings. The highest BCUT2D eigenvalue weighted by Gasteiger charge is 2.31. The molecule has 0 radical (unpaired) electrons. The van der Waals surface area contributed by atoms with Crippen LogP contribution in [0.5, 0.6) is 0 Å². The second kappa shape index (κ2) is 9.82. The Morgan fingerprint density at radius 1 is 1.15 bits per heavy atom. The number of benzene rings is 1. The summed E-state index contributed by atoms with van der Waals surface area (Å²) < 4.78 is 39.6. The average molecular weight is 473 g/mol. The summed E-state index contributed by atoms with van der Waals surface area (Å²) in [6, 6.07) is 11.7. The van der Waals surface area contributed by atoms with Crippen LogP contribution in [0.3, 0.4) is 0 Å². The summed E-state index contributed by atoms with van der Waals surface area (Å²) in [6.07, 6.45) is 1.12. The van der Waals surface area contributed by atoms with Gasteiger partial charge < -0.3 is 5.32 Å². The number of rotatable bonds is 4. The molecule has 33 heavy (non-hydrogen) atoms. The first kappa shape index (κ1) is 23.1. The Morgan fingerprint density at radius 2 is 1.94 bits per heavy atom. The molecule has 2 aromatic heterocycles. The predicted molar refractivity (Wildman–Crippen MR) is 126 cm³/mol. The maximum Gasteiger partial charge on any atom is 0.416 e. The zero-order valence-corrected chi connectivity index (χ0v) is 18.6. The number of amides is 2. The fourth-order valence-electron chi connectivity index (χ4n) is 3.97. The molecule has 5 nitrogen and oxygen atoms in total. The molecule has 4 rings (SSSR count). The van der Waals surface area contributed by atoms with Gasteiger partial charge in [-0.3, -0.25) is 9.88 Å². The minimum atomic E-state index is -4.45. The van der Waals surface area contributed by atoms with Crippen LogP contribution < -0.4 is 10.2 Å². The topological polar surface area (TPSA) is 58.1 Å². The van der Waals surface area contributed by atoms with Crippen molar-refractivity contribution in [2.75, 3.05) is 22.5 Å². The summed E-state index contributed by atoms with van der Waals surface area (Å²) in [5.74, 6) is 1.54. The number of alkyl halides is 3. The summed E-state index contributed by atoms with van der Waals surface area (Å²) in [7, 11) is 0. The van der Waals surface area contributed by atoms with Gasteiger partial charge in [0.15, 0.2) is 0 Å². The maximum absolute atomic E-state index is 13.2. The molecule has 1 atom stereocenters. The molecule has 0 bridgehead atoms. The van der Waals surface area contributed by atoms with E-state index in [-0.39, 0.29) is 6.03 Å². The number of carbonyl (C=O) groups is 1. The third kappa shape index (κ3) is 5.47. The molecule has 3 aromatic rings. The van der Waals surface area contributed by atoms with Gasteiger partial charge >= 0.3 is 12.2 Å². The van der Waals surface area contributed by atoms with Gasteiger partial charge in [-0.25, -0.2) is 9.78 Å². The largest absolute Gasteiger partial charge is 0.416 e. The summed E-state index contributed by atoms with van der Waals surface area (Å²) in [4.78, 5) is 23.4. The van der Waals surface area contributed by atoms with E-state index in [2.05, 4.69) is 27.9 Å². The Morgan fingerprint density at radius 3 is 2.67 bits per heavy atom. The van der Waals surface area contributed by atoms with E-state index < -0.39 is 11.7 Å². The Balaban J connectivity index is 1.72. The number of pyridine rings is 2. The van der Waals surface area contributed by atoms with Crippen LogP contribution in [-0.4, -0.2) is 28.3 Å². The number of fused-ring (bicyclic) bond motifs is 1. The van der Waals surface area contributed by atoms with Crippen molar-refractivity contribution in [2.45, 2.75) is 25.4 Å². The van der Waals surface area contributed by atoms with Crippen LogP contribution >= 0.6 is 12.6 Å². The molecule has 2 amide bonds. The summed E-state index contributed by atoms with van der Waals surface area (Å²) in [5, 5.41) is 2.86. The highest BCUT2D eigenvalue weighted by molar-refractivity contribution is 7.80. The van der Waals surface area contributed by atoms with E-state index in [0.29, 0.717) is 35.2 Å². The summed E-state index contributed by atoms with van der Waals surface area (Å²) >= 11 is 4.36. The van der Waals surface area contributed by atoms with Gasteiger partial charge in [-0.1, -0.05) is 18.2 Å². The van der Waals surface area contributed by atoms with Crippen molar-refractivity contribution >= 4 is 30.2 Å². The van der Waals surface area contributed by atoms with Gasteiger partial charge in [0, 0.05) is 30.2 Å². The third-order valence-corrected chi connectivity index (χ3v) is 5.94. The number of carbonyl (C=O) groups excluding carboxylic acids is 1. The first-order chi connectivity index (χ1) is 15.8. The Hall–Kier alpha value is -3.07. The van der Waals surface area contributed by atoms with Crippen LogP contribution in [0, 0.1) is 5.92 Å². The SMILES string of the molecule is O=C(Nc1ccncc1)N1CCC(CCS)Cc2ccc(-c3cccc(C(F)(F)F)c3)nc21. The van der Waals surface area contributed by atoms with Gasteiger partial charge in [0.05, 0.1) is 11.3 Å². The number of urea groups is 1. The zero-order valence-electron chi connectivity index (χ0n) is 17.7. The van der Waals surface area contributed by atoms with Crippen LogP contribution in [0.25, 0.3) is 11.3 Å². The lowest BCUT2D eigenvalue weighted by atomic mass is 9.95. The second-order valence-electron chi connectivity index (χ2n) is 7.95. The molecule has 0 saturated carbocycles. The van der Waals surface area contributed by atoms with Crippen molar-refractivity contribution < 1.29 is 18.0 Å². The Bertz CT molecular complexity index is 1120. The molecule has 3 heterocycles. The number of hydrogen-bond acceptors (Lipinski definition) is 4. The predicted octanol–water partition coefficient (Wildman–Crippen LogP) is 6.08. The van der Waals surface area contributed by atoms with E-state index in [0.717, 1.165) is 42.7 Å². The third-order valence-electron chi connectivity index (χ3n) is 5.68. The van der Waals surface area contributed by atoms with Crippen LogP contribution in [0.4, 0.5) is 29.5 Å². The number of thiol groups is 1. The lowest BCUT2D eigenvalue weighted by Crippen LogP contribution is -2.36. The molecule has 0 spiro atoms. The number of nitrogens with zero attached hydrogens (tertiary/aromatic N) is 3. The van der Waals surface area contributed by atoms with Crippen LogP contribution in [0.15, 0.2) is 60.9 Å². The molecule has 1 unspecified atom stereocenters. The molecular formula is C24H23F3N4OS. The molecule has 172 valence electrons. The van der Waals surface area contributed by atoms with Gasteiger partial charge in [0.2, 0.25) is 0 Å². The van der Waals surface area contributed by atoms with Crippen LogP contribution in [-0.2, 0) is 12.6 Å². The Labute approximate surface area is 195 Å². The lowest BCUT2D eigenvalue weighted by molar-refractivity contribution is -0.137. The molecule has 0 aliphatic carbocycles. The molecule has 9 heteroatoms. The molecule has 1 N–H and O–H groups in total.